The third-order valence-electron chi connectivity index (χ3n) is 1.32. The van der Waals surface area contributed by atoms with Crippen LogP contribution >= 0.6 is 0 Å². The summed E-state index contributed by atoms with van der Waals surface area (Å²) in [6.07, 6.45) is 2.92. The van der Waals surface area contributed by atoms with E-state index in [0.29, 0.717) is 5.92 Å². The van der Waals surface area contributed by atoms with Crippen LogP contribution in [-0.2, 0) is 4.79 Å². The number of nitrogens with one attached hydrogen (secondary N) is 1. The van der Waals surface area contributed by atoms with Crippen molar-refractivity contribution < 1.29 is 9.90 Å². The van der Waals surface area contributed by atoms with Crippen molar-refractivity contribution in [3.05, 3.63) is 12.2 Å². The van der Waals surface area contributed by atoms with Gasteiger partial charge in [0.1, 0.15) is 0 Å². The fraction of sp³-hybridized carbons (Fsp3) is 0.500. The SMILES string of the molecule is O=C(O)/C=C/C1CNC1. The van der Waals surface area contributed by atoms with E-state index in [1.54, 1.807) is 6.08 Å². The van der Waals surface area contributed by atoms with Crippen molar-refractivity contribution in [3.8, 4) is 0 Å². The molecule has 1 aliphatic rings. The van der Waals surface area contributed by atoms with Crippen LogP contribution in [0.3, 0.4) is 0 Å². The molecule has 0 saturated carbocycles. The van der Waals surface area contributed by atoms with Crippen LogP contribution in [0.4, 0.5) is 0 Å². The molecule has 0 atom stereocenters. The zero-order valence-corrected chi connectivity index (χ0v) is 5.00. The van der Waals surface area contributed by atoms with Gasteiger partial charge in [0.15, 0.2) is 0 Å². The predicted molar refractivity (Wildman–Crippen MR) is 33.1 cm³/mol. The Morgan fingerprint density at radius 1 is 1.67 bits per heavy atom. The molecule has 0 aromatic carbocycles. The minimum absolute atomic E-state index is 0.445. The Balaban J connectivity index is 2.22. The second kappa shape index (κ2) is 2.64. The predicted octanol–water partition coefficient (Wildman–Crippen LogP) is -0.153. The highest BCUT2D eigenvalue weighted by Crippen LogP contribution is 2.02. The first kappa shape index (κ1) is 6.29. The molecule has 3 heteroatoms. The number of aliphatic carboxylic acids is 1. The van der Waals surface area contributed by atoms with E-state index < -0.39 is 5.97 Å². The molecule has 0 aromatic rings. The third kappa shape index (κ3) is 1.85. The maximum Gasteiger partial charge on any atom is 0.327 e. The van der Waals surface area contributed by atoms with Crippen LogP contribution in [0.5, 0.6) is 0 Å². The number of hydrogen-bond donors (Lipinski definition) is 2. The van der Waals surface area contributed by atoms with Crippen LogP contribution in [0.1, 0.15) is 0 Å². The van der Waals surface area contributed by atoms with Gasteiger partial charge < -0.3 is 10.4 Å². The average molecular weight is 127 g/mol. The smallest absolute Gasteiger partial charge is 0.327 e. The second-order valence-corrected chi connectivity index (χ2v) is 2.12. The summed E-state index contributed by atoms with van der Waals surface area (Å²) in [4.78, 5) is 9.94. The lowest BCUT2D eigenvalue weighted by atomic mass is 10.0. The lowest BCUT2D eigenvalue weighted by Crippen LogP contribution is -2.40. The van der Waals surface area contributed by atoms with Gasteiger partial charge in [-0.2, -0.15) is 0 Å². The van der Waals surface area contributed by atoms with Crippen LogP contribution in [0.15, 0.2) is 12.2 Å². The van der Waals surface area contributed by atoms with Crippen LogP contribution in [0.25, 0.3) is 0 Å². The molecule has 2 N–H and O–H groups in total. The molecule has 0 amide bonds. The zero-order chi connectivity index (χ0) is 6.69. The molecular formula is C6H9NO2. The fourth-order valence-corrected chi connectivity index (χ4v) is 0.665. The Morgan fingerprint density at radius 3 is 2.67 bits per heavy atom. The molecule has 0 aliphatic carbocycles. The van der Waals surface area contributed by atoms with Crippen molar-refractivity contribution in [3.63, 3.8) is 0 Å². The fourth-order valence-electron chi connectivity index (χ4n) is 0.665. The van der Waals surface area contributed by atoms with E-state index in [0.717, 1.165) is 13.1 Å². The van der Waals surface area contributed by atoms with Gasteiger partial charge in [0.05, 0.1) is 0 Å². The van der Waals surface area contributed by atoms with Gasteiger partial charge in [-0.25, -0.2) is 4.79 Å². The molecular weight excluding hydrogens is 118 g/mol. The summed E-state index contributed by atoms with van der Waals surface area (Å²) in [5.41, 5.74) is 0. The van der Waals surface area contributed by atoms with E-state index in [4.69, 9.17) is 5.11 Å². The highest BCUT2D eigenvalue weighted by atomic mass is 16.4. The first-order chi connectivity index (χ1) is 4.29. The average Bonchev–Trinajstić information content (AvgIpc) is 1.60. The quantitative estimate of drug-likeness (QED) is 0.507. The molecule has 1 fully saturated rings. The first-order valence-electron chi connectivity index (χ1n) is 2.91. The summed E-state index contributed by atoms with van der Waals surface area (Å²) in [7, 11) is 0. The Morgan fingerprint density at radius 2 is 2.33 bits per heavy atom. The van der Waals surface area contributed by atoms with Crippen molar-refractivity contribution >= 4 is 5.97 Å². The molecule has 1 heterocycles. The summed E-state index contributed by atoms with van der Waals surface area (Å²) in [6, 6.07) is 0. The molecule has 1 saturated heterocycles. The minimum atomic E-state index is -0.859. The molecule has 0 unspecified atom stereocenters. The van der Waals surface area contributed by atoms with Crippen LogP contribution in [-0.4, -0.2) is 24.2 Å². The van der Waals surface area contributed by atoms with E-state index in [2.05, 4.69) is 5.32 Å². The summed E-state index contributed by atoms with van der Waals surface area (Å²) >= 11 is 0. The largest absolute Gasteiger partial charge is 0.478 e. The van der Waals surface area contributed by atoms with E-state index in [9.17, 15) is 4.79 Å². The van der Waals surface area contributed by atoms with E-state index in [1.165, 1.54) is 6.08 Å². The maximum absolute atomic E-state index is 9.94. The minimum Gasteiger partial charge on any atom is -0.478 e. The summed E-state index contributed by atoms with van der Waals surface area (Å²) in [5, 5.41) is 11.2. The third-order valence-corrected chi connectivity index (χ3v) is 1.32. The van der Waals surface area contributed by atoms with Gasteiger partial charge in [0.25, 0.3) is 0 Å². The lowest BCUT2D eigenvalue weighted by Gasteiger charge is -2.23. The summed E-state index contributed by atoms with van der Waals surface area (Å²) in [6.45, 7) is 1.84. The van der Waals surface area contributed by atoms with Gasteiger partial charge in [0, 0.05) is 25.1 Å². The van der Waals surface area contributed by atoms with Crippen LogP contribution in [0.2, 0.25) is 0 Å². The number of carboxylic acid groups (broad SMARTS) is 1. The van der Waals surface area contributed by atoms with Gasteiger partial charge in [-0.1, -0.05) is 6.08 Å². The Hall–Kier alpha value is -0.830. The number of hydrogen-bond acceptors (Lipinski definition) is 2. The molecule has 0 spiro atoms. The number of carboxylic acids is 1. The molecule has 0 bridgehead atoms. The standard InChI is InChI=1S/C6H9NO2/c8-6(9)2-1-5-3-7-4-5/h1-2,5,7H,3-4H2,(H,8,9)/b2-1+. The van der Waals surface area contributed by atoms with Crippen molar-refractivity contribution in [2.75, 3.05) is 13.1 Å². The molecule has 1 aliphatic heterocycles. The molecule has 0 aromatic heterocycles. The molecule has 1 rings (SSSR count). The van der Waals surface area contributed by atoms with Crippen molar-refractivity contribution in [1.29, 1.82) is 0 Å². The topological polar surface area (TPSA) is 49.3 Å². The van der Waals surface area contributed by atoms with Crippen LogP contribution in [0, 0.1) is 5.92 Å². The highest BCUT2D eigenvalue weighted by Gasteiger charge is 2.12. The van der Waals surface area contributed by atoms with Crippen molar-refractivity contribution in [2.24, 2.45) is 5.92 Å². The monoisotopic (exact) mass is 127 g/mol. The normalized spacial score (nSPS) is 20.0. The van der Waals surface area contributed by atoms with Crippen molar-refractivity contribution in [2.45, 2.75) is 0 Å². The van der Waals surface area contributed by atoms with Gasteiger partial charge >= 0.3 is 5.97 Å². The molecule has 50 valence electrons. The van der Waals surface area contributed by atoms with Gasteiger partial charge in [0.2, 0.25) is 0 Å². The van der Waals surface area contributed by atoms with E-state index in [1.807, 2.05) is 0 Å². The Kier molecular flexibility index (Phi) is 1.85. The highest BCUT2D eigenvalue weighted by molar-refractivity contribution is 5.79. The van der Waals surface area contributed by atoms with Crippen LogP contribution < -0.4 is 5.32 Å². The second-order valence-electron chi connectivity index (χ2n) is 2.12. The molecule has 0 radical (unpaired) electrons. The van der Waals surface area contributed by atoms with Crippen molar-refractivity contribution in [1.82, 2.24) is 5.32 Å². The summed E-state index contributed by atoms with van der Waals surface area (Å²) < 4.78 is 0. The molecule has 9 heavy (non-hydrogen) atoms. The van der Waals surface area contributed by atoms with E-state index >= 15 is 0 Å². The molecule has 3 nitrogen and oxygen atoms in total. The van der Waals surface area contributed by atoms with Gasteiger partial charge in [-0.15, -0.1) is 0 Å². The lowest BCUT2D eigenvalue weighted by molar-refractivity contribution is -0.131. The Labute approximate surface area is 53.4 Å². The Bertz CT molecular complexity index is 138. The van der Waals surface area contributed by atoms with E-state index in [-0.39, 0.29) is 0 Å². The number of carbonyl (C=O) groups is 1. The van der Waals surface area contributed by atoms with Gasteiger partial charge in [-0.05, 0) is 0 Å². The summed E-state index contributed by atoms with van der Waals surface area (Å²) in [5.74, 6) is -0.414. The number of rotatable bonds is 2. The maximum atomic E-state index is 9.94. The first-order valence-corrected chi connectivity index (χ1v) is 2.91. The zero-order valence-electron chi connectivity index (χ0n) is 5.00. The van der Waals surface area contributed by atoms with Gasteiger partial charge in [-0.3, -0.25) is 0 Å².